The fourth-order valence-corrected chi connectivity index (χ4v) is 2.67. The van der Waals surface area contributed by atoms with Crippen LogP contribution >= 0.6 is 0 Å². The SMILES string of the molecule is Cc1nn(C)c(C)c1NC(=O)c1cc2c(F)cccc2n1C. The number of aromatic nitrogens is 3. The van der Waals surface area contributed by atoms with E-state index < -0.39 is 0 Å². The molecule has 22 heavy (non-hydrogen) atoms. The molecule has 1 N–H and O–H groups in total. The highest BCUT2D eigenvalue weighted by atomic mass is 19.1. The number of anilines is 1. The molecular weight excluding hydrogens is 283 g/mol. The zero-order valence-corrected chi connectivity index (χ0v) is 12.9. The van der Waals surface area contributed by atoms with E-state index in [1.807, 2.05) is 20.9 Å². The molecule has 0 fully saturated rings. The van der Waals surface area contributed by atoms with Gasteiger partial charge < -0.3 is 9.88 Å². The lowest BCUT2D eigenvalue weighted by Crippen LogP contribution is -2.16. The Bertz CT molecular complexity index is 891. The Morgan fingerprint density at radius 2 is 2.00 bits per heavy atom. The van der Waals surface area contributed by atoms with E-state index in [1.54, 1.807) is 34.5 Å². The first-order valence-electron chi connectivity index (χ1n) is 6.95. The van der Waals surface area contributed by atoms with Crippen molar-refractivity contribution < 1.29 is 9.18 Å². The van der Waals surface area contributed by atoms with Gasteiger partial charge in [0.25, 0.3) is 5.91 Å². The maximum absolute atomic E-state index is 13.8. The molecule has 3 aromatic rings. The van der Waals surface area contributed by atoms with Crippen molar-refractivity contribution in [2.75, 3.05) is 5.32 Å². The van der Waals surface area contributed by atoms with Crippen LogP contribution in [0.5, 0.6) is 0 Å². The third-order valence-corrected chi connectivity index (χ3v) is 4.01. The summed E-state index contributed by atoms with van der Waals surface area (Å²) in [5.41, 5.74) is 3.40. The number of aryl methyl sites for hydroxylation is 3. The second-order valence-corrected chi connectivity index (χ2v) is 5.38. The molecule has 0 aliphatic heterocycles. The Labute approximate surface area is 127 Å². The van der Waals surface area contributed by atoms with Crippen LogP contribution < -0.4 is 5.32 Å². The van der Waals surface area contributed by atoms with Gasteiger partial charge in [-0.1, -0.05) is 6.07 Å². The van der Waals surface area contributed by atoms with Crippen molar-refractivity contribution in [2.24, 2.45) is 14.1 Å². The number of halogens is 1. The molecule has 0 saturated heterocycles. The molecule has 2 aromatic heterocycles. The second-order valence-electron chi connectivity index (χ2n) is 5.38. The molecule has 5 nitrogen and oxygen atoms in total. The van der Waals surface area contributed by atoms with E-state index in [-0.39, 0.29) is 11.7 Å². The van der Waals surface area contributed by atoms with E-state index in [0.29, 0.717) is 22.3 Å². The smallest absolute Gasteiger partial charge is 0.272 e. The van der Waals surface area contributed by atoms with Crippen molar-refractivity contribution in [2.45, 2.75) is 13.8 Å². The van der Waals surface area contributed by atoms with Gasteiger partial charge in [-0.3, -0.25) is 9.48 Å². The molecule has 1 aromatic carbocycles. The minimum Gasteiger partial charge on any atom is -0.340 e. The minimum atomic E-state index is -0.333. The largest absolute Gasteiger partial charge is 0.340 e. The van der Waals surface area contributed by atoms with Crippen LogP contribution in [0, 0.1) is 19.7 Å². The topological polar surface area (TPSA) is 51.9 Å². The molecule has 6 heteroatoms. The summed E-state index contributed by atoms with van der Waals surface area (Å²) in [5.74, 6) is -0.613. The molecule has 0 atom stereocenters. The predicted molar refractivity (Wildman–Crippen MR) is 83.5 cm³/mol. The van der Waals surface area contributed by atoms with Crippen molar-refractivity contribution in [1.29, 1.82) is 0 Å². The van der Waals surface area contributed by atoms with Gasteiger partial charge in [0.1, 0.15) is 11.5 Å². The summed E-state index contributed by atoms with van der Waals surface area (Å²) in [6.45, 7) is 3.72. The molecule has 0 aliphatic rings. The van der Waals surface area contributed by atoms with Gasteiger partial charge in [-0.05, 0) is 32.0 Å². The van der Waals surface area contributed by atoms with Gasteiger partial charge in [-0.2, -0.15) is 5.10 Å². The van der Waals surface area contributed by atoms with E-state index in [2.05, 4.69) is 10.4 Å². The quantitative estimate of drug-likeness (QED) is 0.791. The monoisotopic (exact) mass is 300 g/mol. The number of hydrogen-bond donors (Lipinski definition) is 1. The van der Waals surface area contributed by atoms with Crippen LogP contribution in [0.4, 0.5) is 10.1 Å². The van der Waals surface area contributed by atoms with E-state index in [0.717, 1.165) is 11.4 Å². The normalized spacial score (nSPS) is 11.1. The lowest BCUT2D eigenvalue weighted by molar-refractivity contribution is 0.101. The average molecular weight is 300 g/mol. The van der Waals surface area contributed by atoms with Crippen LogP contribution in [0.15, 0.2) is 24.3 Å². The van der Waals surface area contributed by atoms with Gasteiger partial charge >= 0.3 is 0 Å². The van der Waals surface area contributed by atoms with Crippen LogP contribution in [-0.4, -0.2) is 20.3 Å². The molecular formula is C16H17FN4O. The molecule has 3 rings (SSSR count). The molecule has 0 saturated carbocycles. The molecule has 0 spiro atoms. The van der Waals surface area contributed by atoms with E-state index >= 15 is 0 Å². The predicted octanol–water partition coefficient (Wildman–Crippen LogP) is 2.92. The second kappa shape index (κ2) is 4.98. The summed E-state index contributed by atoms with van der Waals surface area (Å²) in [6.07, 6.45) is 0. The molecule has 0 aliphatic carbocycles. The highest BCUT2D eigenvalue weighted by Gasteiger charge is 2.18. The van der Waals surface area contributed by atoms with Crippen LogP contribution in [0.25, 0.3) is 10.9 Å². The van der Waals surface area contributed by atoms with Crippen molar-refractivity contribution >= 4 is 22.5 Å². The number of hydrogen-bond acceptors (Lipinski definition) is 2. The van der Waals surface area contributed by atoms with Gasteiger partial charge in [-0.25, -0.2) is 4.39 Å². The molecule has 114 valence electrons. The number of amides is 1. The first-order chi connectivity index (χ1) is 10.4. The number of carbonyl (C=O) groups excluding carboxylic acids is 1. The zero-order valence-electron chi connectivity index (χ0n) is 12.9. The van der Waals surface area contributed by atoms with Crippen molar-refractivity contribution in [1.82, 2.24) is 14.3 Å². The average Bonchev–Trinajstić information content (AvgIpc) is 2.93. The van der Waals surface area contributed by atoms with Gasteiger partial charge in [0.2, 0.25) is 0 Å². The molecule has 0 radical (unpaired) electrons. The maximum Gasteiger partial charge on any atom is 0.272 e. The summed E-state index contributed by atoms with van der Waals surface area (Å²) in [4.78, 5) is 12.5. The van der Waals surface area contributed by atoms with E-state index in [1.165, 1.54) is 6.07 Å². The third kappa shape index (κ3) is 2.07. The minimum absolute atomic E-state index is 0.280. The number of rotatable bonds is 2. The first-order valence-corrected chi connectivity index (χ1v) is 6.95. The lowest BCUT2D eigenvalue weighted by atomic mass is 10.2. The Balaban J connectivity index is 2.03. The van der Waals surface area contributed by atoms with E-state index in [9.17, 15) is 9.18 Å². The van der Waals surface area contributed by atoms with Crippen LogP contribution in [0.2, 0.25) is 0 Å². The summed E-state index contributed by atoms with van der Waals surface area (Å²) in [5, 5.41) is 7.58. The van der Waals surface area contributed by atoms with Crippen molar-refractivity contribution in [3.05, 3.63) is 47.2 Å². The lowest BCUT2D eigenvalue weighted by Gasteiger charge is -2.07. The fourth-order valence-electron chi connectivity index (χ4n) is 2.67. The summed E-state index contributed by atoms with van der Waals surface area (Å²) in [6, 6.07) is 6.38. The van der Waals surface area contributed by atoms with Crippen LogP contribution in [0.1, 0.15) is 21.9 Å². The first kappa shape index (κ1) is 14.3. The highest BCUT2D eigenvalue weighted by molar-refractivity contribution is 6.06. The molecule has 1 amide bonds. The van der Waals surface area contributed by atoms with Crippen molar-refractivity contribution in [3.63, 3.8) is 0 Å². The van der Waals surface area contributed by atoms with Crippen LogP contribution in [0.3, 0.4) is 0 Å². The highest BCUT2D eigenvalue weighted by Crippen LogP contribution is 2.24. The summed E-state index contributed by atoms with van der Waals surface area (Å²) in [7, 11) is 3.57. The Morgan fingerprint density at radius 1 is 1.27 bits per heavy atom. The third-order valence-electron chi connectivity index (χ3n) is 4.01. The Kier molecular flexibility index (Phi) is 3.24. The van der Waals surface area contributed by atoms with Gasteiger partial charge in [0.15, 0.2) is 0 Å². The van der Waals surface area contributed by atoms with Crippen molar-refractivity contribution in [3.8, 4) is 0 Å². The van der Waals surface area contributed by atoms with E-state index in [4.69, 9.17) is 0 Å². The Morgan fingerprint density at radius 3 is 2.59 bits per heavy atom. The number of nitrogens with zero attached hydrogens (tertiary/aromatic N) is 3. The summed E-state index contributed by atoms with van der Waals surface area (Å²) >= 11 is 0. The van der Waals surface area contributed by atoms with Crippen LogP contribution in [-0.2, 0) is 14.1 Å². The molecule has 0 unspecified atom stereocenters. The fraction of sp³-hybridized carbons (Fsp3) is 0.250. The molecule has 0 bridgehead atoms. The number of fused-ring (bicyclic) bond motifs is 1. The molecule has 2 heterocycles. The number of carbonyl (C=O) groups is 1. The zero-order chi connectivity index (χ0) is 16.0. The van der Waals surface area contributed by atoms with Gasteiger partial charge in [0, 0.05) is 19.5 Å². The number of benzene rings is 1. The maximum atomic E-state index is 13.8. The number of nitrogens with one attached hydrogen (secondary N) is 1. The van der Waals surface area contributed by atoms with Gasteiger partial charge in [0.05, 0.1) is 22.6 Å². The Hall–Kier alpha value is -2.63. The standard InChI is InChI=1S/C16H17FN4O/c1-9-15(10(2)21(4)19-9)18-16(22)14-8-11-12(17)6-5-7-13(11)20(14)3/h5-8H,1-4H3,(H,18,22). The van der Waals surface area contributed by atoms with Gasteiger partial charge in [-0.15, -0.1) is 0 Å². The summed E-state index contributed by atoms with van der Waals surface area (Å²) < 4.78 is 17.2.